The molecule has 0 aromatic heterocycles. The van der Waals surface area contributed by atoms with Crippen LogP contribution in [0.3, 0.4) is 0 Å². The molecule has 100 valence electrons. The van der Waals surface area contributed by atoms with Crippen molar-refractivity contribution >= 4 is 17.1 Å². The molecular weight excluding hydrogens is 232 g/mol. The van der Waals surface area contributed by atoms with E-state index in [9.17, 15) is 10.1 Å². The maximum Gasteiger partial charge on any atom is 0.292 e. The van der Waals surface area contributed by atoms with Crippen LogP contribution in [0.5, 0.6) is 0 Å². The van der Waals surface area contributed by atoms with Crippen molar-refractivity contribution in [3.8, 4) is 0 Å². The summed E-state index contributed by atoms with van der Waals surface area (Å²) in [6.45, 7) is 4.68. The van der Waals surface area contributed by atoms with E-state index in [1.54, 1.807) is 12.1 Å². The zero-order chi connectivity index (χ0) is 13.8. The minimum Gasteiger partial charge on any atom is -0.393 e. The highest BCUT2D eigenvalue weighted by molar-refractivity contribution is 5.65. The van der Waals surface area contributed by atoms with E-state index in [1.165, 1.54) is 6.07 Å². The topological polar surface area (TPSA) is 107 Å². The summed E-state index contributed by atoms with van der Waals surface area (Å²) in [6.07, 6.45) is 1.72. The van der Waals surface area contributed by atoms with Crippen LogP contribution in [0.25, 0.3) is 0 Å². The molecule has 0 fully saturated rings. The van der Waals surface area contributed by atoms with Crippen molar-refractivity contribution in [1.82, 2.24) is 0 Å². The lowest BCUT2D eigenvalue weighted by molar-refractivity contribution is -0.383. The first-order valence-electron chi connectivity index (χ1n) is 5.98. The number of nitrogens with zero attached hydrogens (tertiary/aromatic N) is 1. The van der Waals surface area contributed by atoms with Gasteiger partial charge in [0.05, 0.1) is 4.92 Å². The number of nitrogens with one attached hydrogen (secondary N) is 1. The Bertz CT molecular complexity index is 430. The fourth-order valence-electron chi connectivity index (χ4n) is 1.61. The first-order valence-corrected chi connectivity index (χ1v) is 5.98. The van der Waals surface area contributed by atoms with E-state index in [-0.39, 0.29) is 16.9 Å². The summed E-state index contributed by atoms with van der Waals surface area (Å²) >= 11 is 0. The van der Waals surface area contributed by atoms with Crippen LogP contribution in [-0.4, -0.2) is 17.0 Å². The largest absolute Gasteiger partial charge is 0.393 e. The molecule has 0 heterocycles. The normalized spacial score (nSPS) is 11.3. The Morgan fingerprint density at radius 3 is 2.44 bits per heavy atom. The highest BCUT2D eigenvalue weighted by Crippen LogP contribution is 2.25. The molecule has 0 amide bonds. The summed E-state index contributed by atoms with van der Waals surface area (Å²) < 4.78 is 0. The highest BCUT2D eigenvalue weighted by Gasteiger charge is 2.20. The average molecular weight is 252 g/mol. The zero-order valence-corrected chi connectivity index (χ0v) is 10.8. The molecule has 18 heavy (non-hydrogen) atoms. The van der Waals surface area contributed by atoms with Gasteiger partial charge in [0.1, 0.15) is 5.69 Å². The molecule has 0 aliphatic rings. The number of rotatable bonds is 6. The Labute approximate surface area is 107 Å². The summed E-state index contributed by atoms with van der Waals surface area (Å²) in [7, 11) is 0. The van der Waals surface area contributed by atoms with Crippen LogP contribution in [-0.2, 0) is 0 Å². The lowest BCUT2D eigenvalue weighted by Crippen LogP contribution is -2.45. The Morgan fingerprint density at radius 2 is 2.00 bits per heavy atom. The molecule has 0 bridgehead atoms. The van der Waals surface area contributed by atoms with Crippen LogP contribution in [0.2, 0.25) is 0 Å². The van der Waals surface area contributed by atoms with Gasteiger partial charge in [-0.25, -0.2) is 0 Å². The van der Waals surface area contributed by atoms with Gasteiger partial charge in [-0.05, 0) is 25.0 Å². The second kappa shape index (κ2) is 5.68. The number of hydrogen-bond acceptors (Lipinski definition) is 5. The number of nitrogens with two attached hydrogens (primary N) is 2. The lowest BCUT2D eigenvalue weighted by Gasteiger charge is -2.27. The van der Waals surface area contributed by atoms with Crippen molar-refractivity contribution in [1.29, 1.82) is 0 Å². The van der Waals surface area contributed by atoms with Crippen molar-refractivity contribution < 1.29 is 4.92 Å². The van der Waals surface area contributed by atoms with Gasteiger partial charge in [0, 0.05) is 23.8 Å². The second-order valence-electron chi connectivity index (χ2n) is 4.45. The van der Waals surface area contributed by atoms with Gasteiger partial charge in [-0.2, -0.15) is 0 Å². The highest BCUT2D eigenvalue weighted by atomic mass is 16.6. The zero-order valence-electron chi connectivity index (χ0n) is 10.8. The second-order valence-corrected chi connectivity index (χ2v) is 4.45. The van der Waals surface area contributed by atoms with E-state index in [0.717, 1.165) is 18.5 Å². The molecule has 1 aromatic rings. The number of nitro benzene ring substituents is 1. The molecule has 0 unspecified atom stereocenters. The van der Waals surface area contributed by atoms with Crippen LogP contribution in [0.15, 0.2) is 18.2 Å². The van der Waals surface area contributed by atoms with Gasteiger partial charge >= 0.3 is 0 Å². The van der Waals surface area contributed by atoms with Gasteiger partial charge in [0.15, 0.2) is 0 Å². The number of nitrogen functional groups attached to an aromatic ring is 1. The van der Waals surface area contributed by atoms with Crippen LogP contribution in [0, 0.1) is 10.1 Å². The molecule has 0 aliphatic heterocycles. The summed E-state index contributed by atoms with van der Waals surface area (Å²) in [4.78, 5) is 10.1. The molecule has 0 saturated heterocycles. The minimum absolute atomic E-state index is 0.0782. The van der Waals surface area contributed by atoms with Crippen molar-refractivity contribution in [2.24, 2.45) is 5.73 Å². The Hall–Kier alpha value is -1.82. The van der Waals surface area contributed by atoms with E-state index in [4.69, 9.17) is 11.5 Å². The summed E-state index contributed by atoms with van der Waals surface area (Å²) in [5, 5.41) is 13.8. The van der Waals surface area contributed by atoms with Crippen molar-refractivity contribution in [3.05, 3.63) is 28.3 Å². The fraction of sp³-hybridized carbons (Fsp3) is 0.500. The molecular formula is C12H20N4O2. The molecule has 5 N–H and O–H groups in total. The van der Waals surface area contributed by atoms with Gasteiger partial charge < -0.3 is 16.8 Å². The van der Waals surface area contributed by atoms with Gasteiger partial charge in [-0.1, -0.05) is 13.8 Å². The van der Waals surface area contributed by atoms with Gasteiger partial charge in [-0.15, -0.1) is 0 Å². The Kier molecular flexibility index (Phi) is 4.49. The molecule has 6 heteroatoms. The predicted molar refractivity (Wildman–Crippen MR) is 73.5 cm³/mol. The fourth-order valence-corrected chi connectivity index (χ4v) is 1.61. The molecule has 1 rings (SSSR count). The molecule has 0 saturated carbocycles. The van der Waals surface area contributed by atoms with E-state index >= 15 is 0 Å². The van der Waals surface area contributed by atoms with Gasteiger partial charge in [0.25, 0.3) is 5.69 Å². The molecule has 0 spiro atoms. The van der Waals surface area contributed by atoms with Crippen molar-refractivity contribution in [2.75, 3.05) is 17.6 Å². The lowest BCUT2D eigenvalue weighted by atomic mass is 9.94. The standard InChI is InChI=1S/C12H20N4O2/c1-3-12(14,4-2)8-15-9-5-6-11(16(17)18)10(13)7-9/h5-7,15H,3-4,8,13-14H2,1-2H3. The molecule has 1 aromatic carbocycles. The monoisotopic (exact) mass is 252 g/mol. The van der Waals surface area contributed by atoms with Crippen molar-refractivity contribution in [3.63, 3.8) is 0 Å². The maximum atomic E-state index is 10.6. The minimum atomic E-state index is -0.496. The summed E-state index contributed by atoms with van der Waals surface area (Å²) in [5.41, 5.74) is 12.3. The van der Waals surface area contributed by atoms with E-state index in [2.05, 4.69) is 5.32 Å². The Balaban J connectivity index is 2.75. The van der Waals surface area contributed by atoms with Crippen LogP contribution in [0.1, 0.15) is 26.7 Å². The third-order valence-electron chi connectivity index (χ3n) is 3.28. The quantitative estimate of drug-likeness (QED) is 0.408. The number of benzene rings is 1. The van der Waals surface area contributed by atoms with Crippen LogP contribution >= 0.6 is 0 Å². The first kappa shape index (κ1) is 14.2. The number of hydrogen-bond donors (Lipinski definition) is 3. The van der Waals surface area contributed by atoms with Gasteiger partial charge in [-0.3, -0.25) is 10.1 Å². The van der Waals surface area contributed by atoms with Crippen LogP contribution in [0.4, 0.5) is 17.1 Å². The average Bonchev–Trinajstić information content (AvgIpc) is 2.35. The number of anilines is 2. The molecule has 6 nitrogen and oxygen atoms in total. The third kappa shape index (κ3) is 3.33. The summed E-state index contributed by atoms with van der Waals surface area (Å²) in [6, 6.07) is 4.60. The van der Waals surface area contributed by atoms with Crippen molar-refractivity contribution in [2.45, 2.75) is 32.2 Å². The van der Waals surface area contributed by atoms with E-state index in [1.807, 2.05) is 13.8 Å². The van der Waals surface area contributed by atoms with Gasteiger partial charge in [0.2, 0.25) is 0 Å². The van der Waals surface area contributed by atoms with E-state index in [0.29, 0.717) is 6.54 Å². The SMILES string of the molecule is CCC(N)(CC)CNc1ccc([N+](=O)[O-])c(N)c1. The third-order valence-corrected chi connectivity index (χ3v) is 3.28. The first-order chi connectivity index (χ1) is 8.41. The van der Waals surface area contributed by atoms with E-state index < -0.39 is 4.92 Å². The summed E-state index contributed by atoms with van der Waals surface area (Å²) in [5.74, 6) is 0. The Morgan fingerprint density at radius 1 is 1.39 bits per heavy atom. The van der Waals surface area contributed by atoms with Crippen LogP contribution < -0.4 is 16.8 Å². The molecule has 0 atom stereocenters. The number of nitro groups is 1. The molecule has 0 radical (unpaired) electrons. The smallest absolute Gasteiger partial charge is 0.292 e. The molecule has 0 aliphatic carbocycles. The maximum absolute atomic E-state index is 10.6. The predicted octanol–water partition coefficient (Wildman–Crippen LogP) is 2.11.